The third kappa shape index (κ3) is 2.52. The van der Waals surface area contributed by atoms with Crippen LogP contribution in [0.15, 0.2) is 18.3 Å². The number of ether oxygens (including phenoxy) is 1. The van der Waals surface area contributed by atoms with E-state index in [0.29, 0.717) is 18.3 Å². The van der Waals surface area contributed by atoms with Crippen LogP contribution in [0, 0.1) is 11.3 Å². The van der Waals surface area contributed by atoms with E-state index in [0.717, 1.165) is 25.2 Å². The summed E-state index contributed by atoms with van der Waals surface area (Å²) >= 11 is 0. The maximum atomic E-state index is 8.85. The molecule has 1 aromatic heterocycles. The molecule has 15 heavy (non-hydrogen) atoms. The minimum Gasteiger partial charge on any atom is -0.380 e. The molecule has 0 aliphatic carbocycles. The average Bonchev–Trinajstić information content (AvgIpc) is 2.79. The van der Waals surface area contributed by atoms with Gasteiger partial charge in [0.1, 0.15) is 11.8 Å². The third-order valence-corrected chi connectivity index (χ3v) is 2.51. The summed E-state index contributed by atoms with van der Waals surface area (Å²) in [6.07, 6.45) is 2.68. The normalized spacial score (nSPS) is 20.1. The van der Waals surface area contributed by atoms with Crippen LogP contribution in [0.1, 0.15) is 17.7 Å². The predicted octanol–water partition coefficient (Wildman–Crippen LogP) is 0.832. The molecule has 78 valence electrons. The monoisotopic (exact) mass is 203 g/mol. The number of aromatic nitrogens is 1. The molecule has 2 heterocycles. The number of hydrogen-bond donors (Lipinski definition) is 1. The molecule has 1 aliphatic heterocycles. The van der Waals surface area contributed by atoms with Crippen LogP contribution in [0.25, 0.3) is 0 Å². The number of nitriles is 1. The lowest BCUT2D eigenvalue weighted by atomic mass is 10.2. The second-order valence-electron chi connectivity index (χ2n) is 3.56. The highest BCUT2D eigenvalue weighted by molar-refractivity contribution is 5.30. The molecule has 0 spiro atoms. The van der Waals surface area contributed by atoms with Crippen LogP contribution in [0.5, 0.6) is 0 Å². The Morgan fingerprint density at radius 2 is 2.60 bits per heavy atom. The van der Waals surface area contributed by atoms with Gasteiger partial charge in [-0.2, -0.15) is 5.26 Å². The highest BCUT2D eigenvalue weighted by Gasteiger charge is 2.15. The molecule has 1 atom stereocenters. The van der Waals surface area contributed by atoms with Gasteiger partial charge >= 0.3 is 0 Å². The van der Waals surface area contributed by atoms with Crippen molar-refractivity contribution in [3.63, 3.8) is 0 Å². The summed E-state index contributed by atoms with van der Waals surface area (Å²) in [6, 6.07) is 6.28. The van der Waals surface area contributed by atoms with Gasteiger partial charge in [-0.15, -0.1) is 0 Å². The van der Waals surface area contributed by atoms with Gasteiger partial charge in [-0.3, -0.25) is 0 Å². The first-order chi connectivity index (χ1) is 7.40. The van der Waals surface area contributed by atoms with Crippen LogP contribution < -0.4 is 5.32 Å². The average molecular weight is 203 g/mol. The van der Waals surface area contributed by atoms with Crippen LogP contribution >= 0.6 is 0 Å². The number of hydrogen-bond acceptors (Lipinski definition) is 4. The molecular weight excluding hydrogens is 190 g/mol. The van der Waals surface area contributed by atoms with E-state index in [9.17, 15) is 0 Å². The number of nitrogens with one attached hydrogen (secondary N) is 1. The SMILES string of the molecule is N#Cc1ncccc1CNC1CCOC1. The van der Waals surface area contributed by atoms with Gasteiger partial charge < -0.3 is 10.1 Å². The Kier molecular flexibility index (Phi) is 3.28. The van der Waals surface area contributed by atoms with Crippen LogP contribution in [0.3, 0.4) is 0 Å². The molecule has 1 fully saturated rings. The highest BCUT2D eigenvalue weighted by atomic mass is 16.5. The largest absolute Gasteiger partial charge is 0.380 e. The van der Waals surface area contributed by atoms with Gasteiger partial charge in [-0.1, -0.05) is 6.07 Å². The minimum absolute atomic E-state index is 0.414. The van der Waals surface area contributed by atoms with E-state index in [4.69, 9.17) is 10.00 Å². The van der Waals surface area contributed by atoms with Crippen molar-refractivity contribution in [2.75, 3.05) is 13.2 Å². The minimum atomic E-state index is 0.414. The quantitative estimate of drug-likeness (QED) is 0.790. The predicted molar refractivity (Wildman–Crippen MR) is 55.0 cm³/mol. The van der Waals surface area contributed by atoms with Crippen molar-refractivity contribution in [2.45, 2.75) is 19.0 Å². The van der Waals surface area contributed by atoms with Crippen molar-refractivity contribution >= 4 is 0 Å². The Balaban J connectivity index is 1.95. The molecule has 1 aliphatic rings. The molecule has 0 radical (unpaired) electrons. The van der Waals surface area contributed by atoms with Gasteiger partial charge in [0, 0.05) is 31.0 Å². The van der Waals surface area contributed by atoms with Gasteiger partial charge in [0.05, 0.1) is 6.61 Å². The van der Waals surface area contributed by atoms with Crippen molar-refractivity contribution in [3.05, 3.63) is 29.6 Å². The van der Waals surface area contributed by atoms with Crippen molar-refractivity contribution in [1.29, 1.82) is 5.26 Å². The molecule has 4 heteroatoms. The van der Waals surface area contributed by atoms with Gasteiger partial charge in [0.15, 0.2) is 0 Å². The first-order valence-corrected chi connectivity index (χ1v) is 5.05. The molecule has 1 N–H and O–H groups in total. The smallest absolute Gasteiger partial charge is 0.144 e. The summed E-state index contributed by atoms with van der Waals surface area (Å²) in [5.41, 5.74) is 1.45. The van der Waals surface area contributed by atoms with Crippen LogP contribution in [0.4, 0.5) is 0 Å². The summed E-state index contributed by atoms with van der Waals surface area (Å²) in [5, 5.41) is 12.2. The fraction of sp³-hybridized carbons (Fsp3) is 0.455. The highest BCUT2D eigenvalue weighted by Crippen LogP contribution is 2.07. The molecule has 1 saturated heterocycles. The van der Waals surface area contributed by atoms with E-state index in [1.807, 2.05) is 12.1 Å². The lowest BCUT2D eigenvalue weighted by molar-refractivity contribution is 0.190. The van der Waals surface area contributed by atoms with Crippen molar-refractivity contribution in [1.82, 2.24) is 10.3 Å². The zero-order chi connectivity index (χ0) is 10.5. The number of nitrogens with zero attached hydrogens (tertiary/aromatic N) is 2. The van der Waals surface area contributed by atoms with Gasteiger partial charge in [0.25, 0.3) is 0 Å². The maximum absolute atomic E-state index is 8.85. The van der Waals surface area contributed by atoms with E-state index < -0.39 is 0 Å². The lowest BCUT2D eigenvalue weighted by Crippen LogP contribution is -2.28. The number of rotatable bonds is 3. The Morgan fingerprint density at radius 3 is 3.33 bits per heavy atom. The van der Waals surface area contributed by atoms with Crippen molar-refractivity contribution < 1.29 is 4.74 Å². The lowest BCUT2D eigenvalue weighted by Gasteiger charge is -2.10. The van der Waals surface area contributed by atoms with E-state index in [1.165, 1.54) is 0 Å². The van der Waals surface area contributed by atoms with E-state index >= 15 is 0 Å². The van der Waals surface area contributed by atoms with E-state index in [1.54, 1.807) is 6.20 Å². The first kappa shape index (κ1) is 10.1. The standard InChI is InChI=1S/C11H13N3O/c12-6-11-9(2-1-4-13-11)7-14-10-3-5-15-8-10/h1-2,4,10,14H,3,5,7-8H2. The molecule has 2 rings (SSSR count). The first-order valence-electron chi connectivity index (χ1n) is 5.05. The molecule has 4 nitrogen and oxygen atoms in total. The molecule has 0 saturated carbocycles. The summed E-state index contributed by atoms with van der Waals surface area (Å²) in [5.74, 6) is 0. The van der Waals surface area contributed by atoms with Gasteiger partial charge in [-0.05, 0) is 12.5 Å². The molecule has 0 aromatic carbocycles. The summed E-state index contributed by atoms with van der Waals surface area (Å²) in [4.78, 5) is 4.01. The zero-order valence-electron chi connectivity index (χ0n) is 8.44. The Morgan fingerprint density at radius 1 is 1.67 bits per heavy atom. The fourth-order valence-corrected chi connectivity index (χ4v) is 1.63. The third-order valence-electron chi connectivity index (χ3n) is 2.51. The fourth-order valence-electron chi connectivity index (χ4n) is 1.63. The molecule has 1 aromatic rings. The second-order valence-corrected chi connectivity index (χ2v) is 3.56. The van der Waals surface area contributed by atoms with Crippen LogP contribution in [-0.4, -0.2) is 24.2 Å². The van der Waals surface area contributed by atoms with E-state index in [-0.39, 0.29) is 0 Å². The Labute approximate surface area is 88.9 Å². The summed E-state index contributed by atoms with van der Waals surface area (Å²) in [6.45, 7) is 2.28. The van der Waals surface area contributed by atoms with E-state index in [2.05, 4.69) is 16.4 Å². The van der Waals surface area contributed by atoms with Crippen LogP contribution in [0.2, 0.25) is 0 Å². The molecule has 0 amide bonds. The van der Waals surface area contributed by atoms with Crippen LogP contribution in [-0.2, 0) is 11.3 Å². The van der Waals surface area contributed by atoms with Gasteiger partial charge in [-0.25, -0.2) is 4.98 Å². The second kappa shape index (κ2) is 4.87. The number of pyridine rings is 1. The zero-order valence-corrected chi connectivity index (χ0v) is 8.44. The topological polar surface area (TPSA) is 57.9 Å². The van der Waals surface area contributed by atoms with Crippen molar-refractivity contribution in [3.8, 4) is 6.07 Å². The summed E-state index contributed by atoms with van der Waals surface area (Å²) in [7, 11) is 0. The Hall–Kier alpha value is -1.44. The molecular formula is C11H13N3O. The van der Waals surface area contributed by atoms with Gasteiger partial charge in [0.2, 0.25) is 0 Å². The maximum Gasteiger partial charge on any atom is 0.144 e. The Bertz CT molecular complexity index is 366. The molecule has 1 unspecified atom stereocenters. The summed E-state index contributed by atoms with van der Waals surface area (Å²) < 4.78 is 5.26. The molecule has 0 bridgehead atoms. The van der Waals surface area contributed by atoms with Crippen molar-refractivity contribution in [2.24, 2.45) is 0 Å².